The molecule has 2 aromatic heterocycles. The van der Waals surface area contributed by atoms with E-state index < -0.39 is 0 Å². The zero-order chi connectivity index (χ0) is 8.72. The van der Waals surface area contributed by atoms with E-state index in [0.29, 0.717) is 0 Å². The number of halogens is 1. The molecule has 0 saturated carbocycles. The van der Waals surface area contributed by atoms with Crippen LogP contribution in [0.15, 0.2) is 11.4 Å². The Hall–Kier alpha value is 0.0600. The first kappa shape index (κ1) is 8.65. The predicted molar refractivity (Wildman–Crippen MR) is 62.4 cm³/mol. The fourth-order valence-corrected chi connectivity index (χ4v) is 4.18. The van der Waals surface area contributed by atoms with Crippen LogP contribution in [-0.2, 0) is 0 Å². The maximum Gasteiger partial charge on any atom is 0.169 e. The van der Waals surface area contributed by atoms with Crippen LogP contribution in [0.2, 0.25) is 0 Å². The lowest BCUT2D eigenvalue weighted by molar-refractivity contribution is 0.102. The van der Waals surface area contributed by atoms with E-state index in [1.165, 1.54) is 13.0 Å². The Balaban J connectivity index is 2.70. The van der Waals surface area contributed by atoms with Crippen molar-refractivity contribution in [3.8, 4) is 0 Å². The molecule has 0 radical (unpaired) electrons. The summed E-state index contributed by atoms with van der Waals surface area (Å²) >= 11 is 5.60. The molecule has 0 amide bonds. The van der Waals surface area contributed by atoms with Gasteiger partial charge in [-0.15, -0.1) is 22.7 Å². The minimum absolute atomic E-state index is 0.166. The molecular formula is C8H5IOS2. The Morgan fingerprint density at radius 2 is 2.33 bits per heavy atom. The molecule has 62 valence electrons. The number of fused-ring (bicyclic) bond motifs is 1. The molecule has 4 heteroatoms. The highest BCUT2D eigenvalue weighted by atomic mass is 127. The fraction of sp³-hybridized carbons (Fsp3) is 0.125. The van der Waals surface area contributed by atoms with Crippen molar-refractivity contribution in [2.24, 2.45) is 0 Å². The summed E-state index contributed by atoms with van der Waals surface area (Å²) < 4.78 is 2.50. The molecular weight excluding hydrogens is 303 g/mol. The molecule has 2 heterocycles. The highest BCUT2D eigenvalue weighted by Crippen LogP contribution is 2.34. The van der Waals surface area contributed by atoms with E-state index in [0.717, 1.165) is 4.88 Å². The standard InChI is InChI=1S/C8H5IOS2/c1-4(10)7-2-5-6(9)3-11-8(5)12-7/h2-3H,1H3. The van der Waals surface area contributed by atoms with Crippen molar-refractivity contribution in [2.75, 3.05) is 0 Å². The lowest BCUT2D eigenvalue weighted by Crippen LogP contribution is -1.83. The summed E-state index contributed by atoms with van der Waals surface area (Å²) in [6.45, 7) is 1.61. The van der Waals surface area contributed by atoms with Crippen LogP contribution in [0.3, 0.4) is 0 Å². The Kier molecular flexibility index (Phi) is 2.22. The van der Waals surface area contributed by atoms with Crippen LogP contribution >= 0.6 is 45.3 Å². The van der Waals surface area contributed by atoms with E-state index in [1.54, 1.807) is 29.6 Å². The molecule has 0 unspecified atom stereocenters. The Bertz CT molecular complexity index is 441. The van der Waals surface area contributed by atoms with Crippen molar-refractivity contribution in [2.45, 2.75) is 6.92 Å². The monoisotopic (exact) mass is 308 g/mol. The molecule has 0 atom stereocenters. The molecule has 0 saturated heterocycles. The molecule has 0 spiro atoms. The van der Waals surface area contributed by atoms with Crippen molar-refractivity contribution < 1.29 is 4.79 Å². The molecule has 12 heavy (non-hydrogen) atoms. The number of carbonyl (C=O) groups is 1. The van der Waals surface area contributed by atoms with Crippen molar-refractivity contribution in [1.29, 1.82) is 0 Å². The van der Waals surface area contributed by atoms with Gasteiger partial charge in [0, 0.05) is 14.3 Å². The van der Waals surface area contributed by atoms with Gasteiger partial charge in [0.1, 0.15) is 0 Å². The summed E-state index contributed by atoms with van der Waals surface area (Å²) in [5, 5.41) is 3.35. The first-order valence-corrected chi connectivity index (χ1v) is 6.13. The highest BCUT2D eigenvalue weighted by molar-refractivity contribution is 14.1. The maximum atomic E-state index is 11.0. The number of carbonyl (C=O) groups excluding carboxylic acids is 1. The van der Waals surface area contributed by atoms with E-state index >= 15 is 0 Å². The van der Waals surface area contributed by atoms with Crippen molar-refractivity contribution in [3.63, 3.8) is 0 Å². The third kappa shape index (κ3) is 1.31. The van der Waals surface area contributed by atoms with Crippen LogP contribution in [0.25, 0.3) is 9.40 Å². The van der Waals surface area contributed by atoms with Gasteiger partial charge in [-0.25, -0.2) is 0 Å². The van der Waals surface area contributed by atoms with E-state index in [2.05, 4.69) is 28.0 Å². The molecule has 0 aliphatic carbocycles. The number of Topliss-reactive ketones (excluding diaryl/α,β-unsaturated/α-hetero) is 1. The van der Waals surface area contributed by atoms with Gasteiger partial charge in [0.15, 0.2) is 5.78 Å². The van der Waals surface area contributed by atoms with Crippen molar-refractivity contribution in [1.82, 2.24) is 0 Å². The van der Waals surface area contributed by atoms with Crippen LogP contribution in [0, 0.1) is 3.57 Å². The summed E-state index contributed by atoms with van der Waals surface area (Å²) in [5.74, 6) is 0.166. The quantitative estimate of drug-likeness (QED) is 0.579. The number of thiophene rings is 2. The molecule has 0 aliphatic heterocycles. The predicted octanol–water partition coefficient (Wildman–Crippen LogP) is 3.77. The maximum absolute atomic E-state index is 11.0. The van der Waals surface area contributed by atoms with Gasteiger partial charge in [0.05, 0.1) is 8.89 Å². The van der Waals surface area contributed by atoms with E-state index in [4.69, 9.17) is 0 Å². The average Bonchev–Trinajstić information content (AvgIpc) is 2.53. The molecule has 2 rings (SSSR count). The van der Waals surface area contributed by atoms with Gasteiger partial charge in [0.25, 0.3) is 0 Å². The summed E-state index contributed by atoms with van der Waals surface area (Å²) in [4.78, 5) is 11.9. The summed E-state index contributed by atoms with van der Waals surface area (Å²) in [6.07, 6.45) is 0. The highest BCUT2D eigenvalue weighted by Gasteiger charge is 2.09. The van der Waals surface area contributed by atoms with Gasteiger partial charge in [0.2, 0.25) is 0 Å². The third-order valence-corrected chi connectivity index (χ3v) is 5.24. The minimum Gasteiger partial charge on any atom is -0.294 e. The lowest BCUT2D eigenvalue weighted by Gasteiger charge is -1.82. The van der Waals surface area contributed by atoms with Crippen LogP contribution in [-0.4, -0.2) is 5.78 Å². The second-order valence-corrected chi connectivity index (χ2v) is 5.80. The zero-order valence-electron chi connectivity index (χ0n) is 6.26. The van der Waals surface area contributed by atoms with Gasteiger partial charge >= 0.3 is 0 Å². The smallest absolute Gasteiger partial charge is 0.169 e. The average molecular weight is 308 g/mol. The number of hydrogen-bond donors (Lipinski definition) is 0. The van der Waals surface area contributed by atoms with Crippen LogP contribution in [0.1, 0.15) is 16.6 Å². The molecule has 0 aliphatic rings. The second-order valence-electron chi connectivity index (χ2n) is 2.45. The Morgan fingerprint density at radius 3 is 2.92 bits per heavy atom. The van der Waals surface area contributed by atoms with E-state index in [-0.39, 0.29) is 5.78 Å². The number of hydrogen-bond acceptors (Lipinski definition) is 3. The summed E-state index contributed by atoms with van der Waals surface area (Å²) in [5.41, 5.74) is 0. The van der Waals surface area contributed by atoms with Crippen LogP contribution < -0.4 is 0 Å². The molecule has 2 aromatic rings. The second kappa shape index (κ2) is 3.08. The zero-order valence-corrected chi connectivity index (χ0v) is 10.0. The fourth-order valence-electron chi connectivity index (χ4n) is 0.971. The van der Waals surface area contributed by atoms with Crippen LogP contribution in [0.5, 0.6) is 0 Å². The van der Waals surface area contributed by atoms with Gasteiger partial charge in [-0.05, 0) is 35.6 Å². The Morgan fingerprint density at radius 1 is 1.58 bits per heavy atom. The van der Waals surface area contributed by atoms with Gasteiger partial charge in [-0.3, -0.25) is 4.79 Å². The molecule has 0 bridgehead atoms. The SMILES string of the molecule is CC(=O)c1cc2c(I)csc2s1. The summed E-state index contributed by atoms with van der Waals surface area (Å²) in [6, 6.07) is 1.99. The molecule has 1 nitrogen and oxygen atoms in total. The van der Waals surface area contributed by atoms with Crippen molar-refractivity contribution in [3.05, 3.63) is 19.9 Å². The van der Waals surface area contributed by atoms with Crippen molar-refractivity contribution >= 4 is 60.4 Å². The van der Waals surface area contributed by atoms with E-state index in [1.807, 2.05) is 6.07 Å². The van der Waals surface area contributed by atoms with Gasteiger partial charge in [-0.2, -0.15) is 0 Å². The third-order valence-electron chi connectivity index (χ3n) is 1.57. The first-order valence-electron chi connectivity index (χ1n) is 3.36. The lowest BCUT2D eigenvalue weighted by atomic mass is 10.3. The summed E-state index contributed by atoms with van der Waals surface area (Å²) in [7, 11) is 0. The molecule has 0 N–H and O–H groups in total. The molecule has 0 fully saturated rings. The molecule has 0 aromatic carbocycles. The van der Waals surface area contributed by atoms with Gasteiger partial charge < -0.3 is 0 Å². The first-order chi connectivity index (χ1) is 5.68. The van der Waals surface area contributed by atoms with Crippen LogP contribution in [0.4, 0.5) is 0 Å². The topological polar surface area (TPSA) is 17.1 Å². The largest absolute Gasteiger partial charge is 0.294 e. The minimum atomic E-state index is 0.166. The number of ketones is 1. The van der Waals surface area contributed by atoms with Gasteiger partial charge in [-0.1, -0.05) is 0 Å². The number of rotatable bonds is 1. The van der Waals surface area contributed by atoms with E-state index in [9.17, 15) is 4.79 Å². The normalized spacial score (nSPS) is 10.8. The Labute approximate surface area is 91.5 Å².